The van der Waals surface area contributed by atoms with Crippen LogP contribution in [-0.2, 0) is 4.79 Å². The summed E-state index contributed by atoms with van der Waals surface area (Å²) < 4.78 is 0. The molecule has 2 fully saturated rings. The van der Waals surface area contributed by atoms with Gasteiger partial charge < -0.3 is 15.5 Å². The van der Waals surface area contributed by atoms with Gasteiger partial charge in [-0.05, 0) is 52.6 Å². The number of likely N-dealkylation sites (tertiary alicyclic amines) is 2. The molecule has 0 unspecified atom stereocenters. The molecule has 0 aromatic carbocycles. The highest BCUT2D eigenvalue weighted by atomic mass is 16.2. The van der Waals surface area contributed by atoms with Gasteiger partial charge in [0.1, 0.15) is 0 Å². The van der Waals surface area contributed by atoms with Crippen molar-refractivity contribution < 1.29 is 4.79 Å². The largest absolute Gasteiger partial charge is 0.343 e. The van der Waals surface area contributed by atoms with Crippen LogP contribution in [0.3, 0.4) is 0 Å². The van der Waals surface area contributed by atoms with Gasteiger partial charge in [-0.25, -0.2) is 0 Å². The summed E-state index contributed by atoms with van der Waals surface area (Å²) in [7, 11) is 0. The predicted molar refractivity (Wildman–Crippen MR) is 77.9 cm³/mol. The summed E-state index contributed by atoms with van der Waals surface area (Å²) in [6.45, 7) is 8.19. The van der Waals surface area contributed by atoms with E-state index in [1.165, 1.54) is 32.4 Å². The summed E-state index contributed by atoms with van der Waals surface area (Å²) in [5, 5.41) is 0. The fraction of sp³-hybridized carbons (Fsp3) is 0.933. The van der Waals surface area contributed by atoms with Crippen molar-refractivity contribution in [3.63, 3.8) is 0 Å². The van der Waals surface area contributed by atoms with Gasteiger partial charge >= 0.3 is 0 Å². The molecule has 2 rings (SSSR count). The van der Waals surface area contributed by atoms with Crippen LogP contribution < -0.4 is 5.73 Å². The van der Waals surface area contributed by atoms with Crippen LogP contribution in [0.2, 0.25) is 0 Å². The van der Waals surface area contributed by atoms with Crippen molar-refractivity contribution >= 4 is 5.91 Å². The first-order valence-electron chi connectivity index (χ1n) is 7.76. The van der Waals surface area contributed by atoms with E-state index in [1.54, 1.807) is 0 Å². The number of nitrogens with two attached hydrogens (primary N) is 1. The third-order valence-electron chi connectivity index (χ3n) is 4.33. The zero-order valence-electron chi connectivity index (χ0n) is 12.5. The molecule has 2 aliphatic heterocycles. The van der Waals surface area contributed by atoms with E-state index >= 15 is 0 Å². The van der Waals surface area contributed by atoms with Gasteiger partial charge in [-0.2, -0.15) is 0 Å². The standard InChI is InChI=1S/C15H29N3O/c1-15(2,16)12-14(19)18-10-6-13(7-11-18)17-8-4-3-5-9-17/h13H,3-12,16H2,1-2H3. The summed E-state index contributed by atoms with van der Waals surface area (Å²) in [6.07, 6.45) is 6.81. The molecule has 0 atom stereocenters. The lowest BCUT2D eigenvalue weighted by Crippen LogP contribution is -2.49. The third-order valence-corrected chi connectivity index (χ3v) is 4.33. The Hall–Kier alpha value is -0.610. The lowest BCUT2D eigenvalue weighted by molar-refractivity contribution is -0.133. The molecule has 2 heterocycles. The second-order valence-electron chi connectivity index (χ2n) is 6.87. The van der Waals surface area contributed by atoms with Crippen molar-refractivity contribution in [3.8, 4) is 0 Å². The highest BCUT2D eigenvalue weighted by molar-refractivity contribution is 5.77. The lowest BCUT2D eigenvalue weighted by atomic mass is 9.97. The van der Waals surface area contributed by atoms with Gasteiger partial charge in [0.15, 0.2) is 0 Å². The zero-order chi connectivity index (χ0) is 13.9. The molecule has 0 radical (unpaired) electrons. The molecule has 2 saturated heterocycles. The minimum absolute atomic E-state index is 0.226. The van der Waals surface area contributed by atoms with E-state index in [9.17, 15) is 4.79 Å². The van der Waals surface area contributed by atoms with Gasteiger partial charge in [-0.15, -0.1) is 0 Å². The first-order chi connectivity index (χ1) is 8.96. The third kappa shape index (κ3) is 4.46. The molecule has 0 aromatic heterocycles. The molecular formula is C15H29N3O. The van der Waals surface area contributed by atoms with Crippen LogP contribution in [0.25, 0.3) is 0 Å². The van der Waals surface area contributed by atoms with Gasteiger partial charge in [0.05, 0.1) is 0 Å². The maximum Gasteiger partial charge on any atom is 0.224 e. The number of piperidine rings is 2. The molecule has 19 heavy (non-hydrogen) atoms. The zero-order valence-corrected chi connectivity index (χ0v) is 12.5. The fourth-order valence-electron chi connectivity index (χ4n) is 3.27. The Kier molecular flexibility index (Phi) is 4.85. The number of hydrogen-bond acceptors (Lipinski definition) is 3. The molecule has 1 amide bonds. The number of nitrogens with zero attached hydrogens (tertiary/aromatic N) is 2. The van der Waals surface area contributed by atoms with E-state index in [-0.39, 0.29) is 11.4 Å². The number of hydrogen-bond donors (Lipinski definition) is 1. The van der Waals surface area contributed by atoms with E-state index < -0.39 is 0 Å². The molecule has 2 aliphatic rings. The molecule has 4 nitrogen and oxygen atoms in total. The first-order valence-corrected chi connectivity index (χ1v) is 7.76. The van der Waals surface area contributed by atoms with E-state index in [0.29, 0.717) is 12.5 Å². The summed E-state index contributed by atoms with van der Waals surface area (Å²) in [5.41, 5.74) is 5.54. The Morgan fingerprint density at radius 2 is 1.68 bits per heavy atom. The maximum atomic E-state index is 12.1. The second-order valence-corrected chi connectivity index (χ2v) is 6.87. The van der Waals surface area contributed by atoms with Crippen molar-refractivity contribution in [2.24, 2.45) is 5.73 Å². The minimum Gasteiger partial charge on any atom is -0.343 e. The molecule has 0 spiro atoms. The average Bonchev–Trinajstić information content (AvgIpc) is 2.38. The SMILES string of the molecule is CC(C)(N)CC(=O)N1CCC(N2CCCCC2)CC1. The van der Waals surface area contributed by atoms with Gasteiger partial charge in [-0.3, -0.25) is 4.79 Å². The van der Waals surface area contributed by atoms with Gasteiger partial charge in [0.25, 0.3) is 0 Å². The molecule has 110 valence electrons. The molecule has 2 N–H and O–H groups in total. The van der Waals surface area contributed by atoms with Crippen LogP contribution in [0, 0.1) is 0 Å². The van der Waals surface area contributed by atoms with Gasteiger partial charge in [-0.1, -0.05) is 6.42 Å². The van der Waals surface area contributed by atoms with Crippen LogP contribution in [-0.4, -0.2) is 53.5 Å². The molecule has 0 aliphatic carbocycles. The Morgan fingerprint density at radius 3 is 2.21 bits per heavy atom. The van der Waals surface area contributed by atoms with E-state index in [4.69, 9.17) is 5.73 Å². The van der Waals surface area contributed by atoms with Crippen LogP contribution in [0.4, 0.5) is 0 Å². The van der Waals surface area contributed by atoms with Crippen LogP contribution in [0.15, 0.2) is 0 Å². The topological polar surface area (TPSA) is 49.6 Å². The van der Waals surface area contributed by atoms with Crippen LogP contribution in [0.5, 0.6) is 0 Å². The van der Waals surface area contributed by atoms with Crippen molar-refractivity contribution in [2.75, 3.05) is 26.2 Å². The molecule has 0 bridgehead atoms. The quantitative estimate of drug-likeness (QED) is 0.845. The van der Waals surface area contributed by atoms with E-state index in [2.05, 4.69) is 4.90 Å². The van der Waals surface area contributed by atoms with E-state index in [0.717, 1.165) is 25.9 Å². The number of rotatable bonds is 3. The Labute approximate surface area is 117 Å². The predicted octanol–water partition coefficient (Wildman–Crippen LogP) is 1.59. The smallest absolute Gasteiger partial charge is 0.224 e. The highest BCUT2D eigenvalue weighted by Gasteiger charge is 2.29. The Morgan fingerprint density at radius 1 is 1.11 bits per heavy atom. The molecular weight excluding hydrogens is 238 g/mol. The van der Waals surface area contributed by atoms with Crippen molar-refractivity contribution in [3.05, 3.63) is 0 Å². The normalized spacial score (nSPS) is 23.6. The van der Waals surface area contributed by atoms with E-state index in [1.807, 2.05) is 18.7 Å². The highest BCUT2D eigenvalue weighted by Crippen LogP contribution is 2.21. The van der Waals surface area contributed by atoms with Crippen molar-refractivity contribution in [2.45, 2.75) is 64.0 Å². The van der Waals surface area contributed by atoms with Crippen LogP contribution in [0.1, 0.15) is 52.4 Å². The Balaban J connectivity index is 1.77. The molecule has 4 heteroatoms. The summed E-state index contributed by atoms with van der Waals surface area (Å²) in [5.74, 6) is 0.226. The Bertz CT molecular complexity index is 297. The molecule has 0 saturated carbocycles. The molecule has 0 aromatic rings. The summed E-state index contributed by atoms with van der Waals surface area (Å²) >= 11 is 0. The van der Waals surface area contributed by atoms with Crippen LogP contribution >= 0.6 is 0 Å². The van der Waals surface area contributed by atoms with Gasteiger partial charge in [0.2, 0.25) is 5.91 Å². The first kappa shape index (κ1) is 14.8. The fourth-order valence-corrected chi connectivity index (χ4v) is 3.27. The van der Waals surface area contributed by atoms with Gasteiger partial charge in [0, 0.05) is 31.1 Å². The number of amides is 1. The lowest BCUT2D eigenvalue weighted by Gasteiger charge is -2.40. The number of carbonyl (C=O) groups is 1. The minimum atomic E-state index is -0.388. The van der Waals surface area contributed by atoms with Crippen molar-refractivity contribution in [1.29, 1.82) is 0 Å². The second kappa shape index (κ2) is 6.23. The number of carbonyl (C=O) groups excluding carboxylic acids is 1. The average molecular weight is 267 g/mol. The monoisotopic (exact) mass is 267 g/mol. The maximum absolute atomic E-state index is 12.1. The van der Waals surface area contributed by atoms with Crippen molar-refractivity contribution in [1.82, 2.24) is 9.80 Å². The summed E-state index contributed by atoms with van der Waals surface area (Å²) in [4.78, 5) is 16.8. The summed E-state index contributed by atoms with van der Waals surface area (Å²) in [6, 6.07) is 0.704.